The molecular weight excluding hydrogens is 489 g/mol. The summed E-state index contributed by atoms with van der Waals surface area (Å²) in [4.78, 5) is 4.56. The summed E-state index contributed by atoms with van der Waals surface area (Å²) in [6.45, 7) is 6.51. The maximum atomic E-state index is 14.7. The Kier molecular flexibility index (Phi) is 15.5. The van der Waals surface area contributed by atoms with Crippen LogP contribution in [0.4, 0.5) is 4.39 Å². The maximum Gasteiger partial charge on any atom is 0.185 e. The van der Waals surface area contributed by atoms with Crippen molar-refractivity contribution >= 4 is 0 Å². The highest BCUT2D eigenvalue weighted by Crippen LogP contribution is 2.29. The summed E-state index contributed by atoms with van der Waals surface area (Å²) >= 11 is 0. The van der Waals surface area contributed by atoms with Crippen LogP contribution in [0.25, 0.3) is 11.3 Å². The molecule has 218 valence electrons. The average molecular weight is 542 g/mol. The standard InChI is InChI=1S/C34H52FNO3/c1-3-5-7-9-11-13-15-17-23-37-33-22-20-29(24-31(33)35)32-21-19-30(25-36-32)34-38-26-28(27-39-34)18-16-14-12-10-8-6-4-2/h19-22,24-25,28,34H,3-18,23,26-27H2,1-2H3/t28-,34-. The number of rotatable bonds is 20. The smallest absolute Gasteiger partial charge is 0.185 e. The largest absolute Gasteiger partial charge is 0.491 e. The second-order valence-corrected chi connectivity index (χ2v) is 11.2. The van der Waals surface area contributed by atoms with E-state index in [1.807, 2.05) is 18.2 Å². The monoisotopic (exact) mass is 541 g/mol. The van der Waals surface area contributed by atoms with Crippen LogP contribution in [0, 0.1) is 11.7 Å². The maximum absolute atomic E-state index is 14.7. The highest BCUT2D eigenvalue weighted by atomic mass is 19.1. The minimum absolute atomic E-state index is 0.313. The molecule has 0 radical (unpaired) electrons. The van der Waals surface area contributed by atoms with Gasteiger partial charge < -0.3 is 14.2 Å². The first-order valence-electron chi connectivity index (χ1n) is 15.8. The zero-order chi connectivity index (χ0) is 27.5. The first-order chi connectivity index (χ1) is 19.2. The van der Waals surface area contributed by atoms with Crippen molar-refractivity contribution in [3.63, 3.8) is 0 Å². The lowest BCUT2D eigenvalue weighted by Crippen LogP contribution is -2.27. The van der Waals surface area contributed by atoms with Gasteiger partial charge in [-0.05, 0) is 37.1 Å². The Morgan fingerprint density at radius 2 is 1.38 bits per heavy atom. The molecule has 1 saturated heterocycles. The van der Waals surface area contributed by atoms with Crippen LogP contribution < -0.4 is 4.74 Å². The SMILES string of the molecule is CCCCCCCCCCOc1ccc(-c2ccc([C@H]3OC[C@H](CCCCCCCCC)CO3)cn2)cc1F. The van der Waals surface area contributed by atoms with Gasteiger partial charge in [0.25, 0.3) is 0 Å². The summed E-state index contributed by atoms with van der Waals surface area (Å²) in [7, 11) is 0. The highest BCUT2D eigenvalue weighted by Gasteiger charge is 2.23. The van der Waals surface area contributed by atoms with Gasteiger partial charge in [0.1, 0.15) is 0 Å². The van der Waals surface area contributed by atoms with E-state index in [1.165, 1.54) is 96.0 Å². The topological polar surface area (TPSA) is 40.6 Å². The Labute approximate surface area is 237 Å². The molecule has 4 nitrogen and oxygen atoms in total. The van der Waals surface area contributed by atoms with Crippen molar-refractivity contribution in [2.24, 2.45) is 5.92 Å². The van der Waals surface area contributed by atoms with Crippen LogP contribution in [0.2, 0.25) is 0 Å². The number of nitrogens with zero attached hydrogens (tertiary/aromatic N) is 1. The van der Waals surface area contributed by atoms with Crippen LogP contribution >= 0.6 is 0 Å². The van der Waals surface area contributed by atoms with Crippen LogP contribution in [-0.2, 0) is 9.47 Å². The van der Waals surface area contributed by atoms with Gasteiger partial charge in [-0.15, -0.1) is 0 Å². The van der Waals surface area contributed by atoms with Gasteiger partial charge in [0.15, 0.2) is 17.9 Å². The Balaban J connectivity index is 1.34. The van der Waals surface area contributed by atoms with Crippen LogP contribution in [0.3, 0.4) is 0 Å². The minimum atomic E-state index is -0.374. The summed E-state index contributed by atoms with van der Waals surface area (Å²) < 4.78 is 32.4. The number of unbranched alkanes of at least 4 members (excludes halogenated alkanes) is 13. The molecule has 39 heavy (non-hydrogen) atoms. The number of hydrogen-bond donors (Lipinski definition) is 0. The molecule has 0 aliphatic carbocycles. The number of halogens is 1. The predicted molar refractivity (Wildman–Crippen MR) is 158 cm³/mol. The van der Waals surface area contributed by atoms with Gasteiger partial charge in [-0.2, -0.15) is 0 Å². The molecule has 2 heterocycles. The second kappa shape index (κ2) is 19.2. The van der Waals surface area contributed by atoms with E-state index >= 15 is 0 Å². The van der Waals surface area contributed by atoms with E-state index < -0.39 is 0 Å². The zero-order valence-electron chi connectivity index (χ0n) is 24.6. The van der Waals surface area contributed by atoms with E-state index in [-0.39, 0.29) is 12.1 Å². The highest BCUT2D eigenvalue weighted by molar-refractivity contribution is 5.60. The zero-order valence-corrected chi connectivity index (χ0v) is 24.6. The number of aromatic nitrogens is 1. The third-order valence-corrected chi connectivity index (χ3v) is 7.72. The minimum Gasteiger partial charge on any atom is -0.491 e. The molecule has 1 fully saturated rings. The van der Waals surface area contributed by atoms with E-state index in [4.69, 9.17) is 14.2 Å². The molecular formula is C34H52FNO3. The van der Waals surface area contributed by atoms with Gasteiger partial charge in [-0.3, -0.25) is 4.98 Å². The number of benzene rings is 1. The summed E-state index contributed by atoms with van der Waals surface area (Å²) in [5.74, 6) is 0.445. The van der Waals surface area contributed by atoms with Crippen LogP contribution in [0.1, 0.15) is 128 Å². The van der Waals surface area contributed by atoms with Crippen molar-refractivity contribution in [1.82, 2.24) is 4.98 Å². The van der Waals surface area contributed by atoms with Crippen LogP contribution in [0.15, 0.2) is 36.5 Å². The Morgan fingerprint density at radius 3 is 1.97 bits per heavy atom. The Hall–Kier alpha value is -1.98. The second-order valence-electron chi connectivity index (χ2n) is 11.2. The number of ether oxygens (including phenoxy) is 3. The van der Waals surface area contributed by atoms with E-state index in [9.17, 15) is 4.39 Å². The fourth-order valence-corrected chi connectivity index (χ4v) is 5.20. The van der Waals surface area contributed by atoms with Crippen molar-refractivity contribution in [2.45, 2.75) is 123 Å². The molecule has 1 aromatic heterocycles. The third kappa shape index (κ3) is 12.0. The van der Waals surface area contributed by atoms with Crippen LogP contribution in [-0.4, -0.2) is 24.8 Å². The summed E-state index contributed by atoms with van der Waals surface area (Å²) in [6, 6.07) is 8.96. The lowest BCUT2D eigenvalue weighted by atomic mass is 10.0. The fourth-order valence-electron chi connectivity index (χ4n) is 5.20. The lowest BCUT2D eigenvalue weighted by molar-refractivity contribution is -0.206. The van der Waals surface area contributed by atoms with Crippen LogP contribution in [0.5, 0.6) is 5.75 Å². The molecule has 5 heteroatoms. The fraction of sp³-hybridized carbons (Fsp3) is 0.676. The van der Waals surface area contributed by atoms with Gasteiger partial charge >= 0.3 is 0 Å². The van der Waals surface area contributed by atoms with E-state index in [0.29, 0.717) is 18.3 Å². The molecule has 2 aromatic rings. The van der Waals surface area contributed by atoms with Gasteiger partial charge in [-0.25, -0.2) is 4.39 Å². The summed E-state index contributed by atoms with van der Waals surface area (Å²) in [5.41, 5.74) is 2.36. The quantitative estimate of drug-likeness (QED) is 0.156. The number of hydrogen-bond acceptors (Lipinski definition) is 4. The molecule has 0 saturated carbocycles. The van der Waals surface area contributed by atoms with Crippen molar-refractivity contribution in [3.05, 3.63) is 47.9 Å². The molecule has 1 aromatic carbocycles. The molecule has 0 atom stereocenters. The Morgan fingerprint density at radius 1 is 0.769 bits per heavy atom. The third-order valence-electron chi connectivity index (χ3n) is 7.72. The van der Waals surface area contributed by atoms with E-state index in [0.717, 1.165) is 42.9 Å². The van der Waals surface area contributed by atoms with Crippen molar-refractivity contribution in [2.75, 3.05) is 19.8 Å². The van der Waals surface area contributed by atoms with Crippen molar-refractivity contribution in [3.8, 4) is 17.0 Å². The number of pyridine rings is 1. The Bertz CT molecular complexity index is 896. The van der Waals surface area contributed by atoms with E-state index in [1.54, 1.807) is 12.3 Å². The molecule has 0 bridgehead atoms. The molecule has 0 spiro atoms. The predicted octanol–water partition coefficient (Wildman–Crippen LogP) is 10.2. The van der Waals surface area contributed by atoms with Gasteiger partial charge in [0.05, 0.1) is 25.5 Å². The van der Waals surface area contributed by atoms with Gasteiger partial charge in [0.2, 0.25) is 0 Å². The lowest BCUT2D eigenvalue weighted by Gasteiger charge is -2.29. The van der Waals surface area contributed by atoms with E-state index in [2.05, 4.69) is 18.8 Å². The molecule has 0 amide bonds. The molecule has 3 rings (SSSR count). The summed E-state index contributed by atoms with van der Waals surface area (Å²) in [5, 5.41) is 0. The molecule has 1 aliphatic rings. The first-order valence-corrected chi connectivity index (χ1v) is 15.8. The van der Waals surface area contributed by atoms with Gasteiger partial charge in [0, 0.05) is 23.2 Å². The summed E-state index contributed by atoms with van der Waals surface area (Å²) in [6.07, 6.45) is 21.8. The van der Waals surface area contributed by atoms with Crippen molar-refractivity contribution < 1.29 is 18.6 Å². The molecule has 0 unspecified atom stereocenters. The normalized spacial score (nSPS) is 17.4. The first kappa shape index (κ1) is 31.5. The average Bonchev–Trinajstić information content (AvgIpc) is 2.97. The molecule has 1 aliphatic heterocycles. The van der Waals surface area contributed by atoms with Gasteiger partial charge in [-0.1, -0.05) is 110 Å². The van der Waals surface area contributed by atoms with Crippen molar-refractivity contribution in [1.29, 1.82) is 0 Å². The molecule has 0 N–H and O–H groups in total.